The van der Waals surface area contributed by atoms with E-state index in [1.807, 2.05) is 25.1 Å². The van der Waals surface area contributed by atoms with Crippen molar-refractivity contribution in [3.63, 3.8) is 0 Å². The molecule has 0 saturated carbocycles. The van der Waals surface area contributed by atoms with Crippen molar-refractivity contribution >= 4 is 22.5 Å². The number of hydrogen-bond acceptors (Lipinski definition) is 6. The molecule has 0 spiro atoms. The molecule has 0 aliphatic carbocycles. The third kappa shape index (κ3) is 2.48. The van der Waals surface area contributed by atoms with Crippen LogP contribution in [0.2, 0.25) is 0 Å². The topological polar surface area (TPSA) is 127 Å². The average molecular weight is 359 g/mol. The normalized spacial score (nSPS) is 13.0. The van der Waals surface area contributed by atoms with Crippen molar-refractivity contribution in [1.29, 1.82) is 5.26 Å². The second kappa shape index (κ2) is 5.85. The Morgan fingerprint density at radius 3 is 2.96 bits per heavy atom. The number of benzene rings is 1. The molecule has 0 bridgehead atoms. The maximum Gasteiger partial charge on any atom is 0.256 e. The maximum atomic E-state index is 12.8. The minimum Gasteiger partial charge on any atom is -0.398 e. The van der Waals surface area contributed by atoms with E-state index < -0.39 is 0 Å². The second-order valence-corrected chi connectivity index (χ2v) is 6.55. The van der Waals surface area contributed by atoms with Gasteiger partial charge in [-0.05, 0) is 24.6 Å². The number of amides is 1. The fourth-order valence-corrected chi connectivity index (χ4v) is 3.47. The summed E-state index contributed by atoms with van der Waals surface area (Å²) < 4.78 is 0. The molecule has 0 unspecified atom stereocenters. The molecule has 0 atom stereocenters. The summed E-state index contributed by atoms with van der Waals surface area (Å²) in [5, 5.41) is 14.1. The summed E-state index contributed by atoms with van der Waals surface area (Å²) in [6, 6.07) is 7.46. The van der Waals surface area contributed by atoms with Crippen molar-refractivity contribution in [2.45, 2.75) is 13.5 Å². The number of fused-ring (bicyclic) bond motifs is 2. The number of nitriles is 1. The number of carbonyl (C=O) groups is 1. The van der Waals surface area contributed by atoms with Crippen LogP contribution < -0.4 is 11.6 Å². The molecule has 8 nitrogen and oxygen atoms in total. The summed E-state index contributed by atoms with van der Waals surface area (Å²) in [5.41, 5.74) is 11.1. The molecule has 3 aromatic rings. The van der Waals surface area contributed by atoms with E-state index in [1.54, 1.807) is 17.2 Å². The lowest BCUT2D eigenvalue weighted by molar-refractivity contribution is 0.0794. The molecule has 3 heterocycles. The van der Waals surface area contributed by atoms with Crippen molar-refractivity contribution in [3.05, 3.63) is 53.4 Å². The first-order chi connectivity index (χ1) is 12.9. The van der Waals surface area contributed by atoms with Gasteiger partial charge in [0.2, 0.25) is 0 Å². The Balaban J connectivity index is 1.84. The highest BCUT2D eigenvalue weighted by Crippen LogP contribution is 2.36. The van der Waals surface area contributed by atoms with Crippen LogP contribution in [-0.2, 0) is 6.54 Å². The molecule has 1 amide bonds. The standard InChI is InChI=1S/C19H17N7O/c1-10(6-20)8-25-9-14-12(3-4-15(21)18(14)19(25)27)16-5-13-11(2)24-26(22)17(13)7-23-16/h3-5,7H,1,8-9,21-22H2,2H3. The van der Waals surface area contributed by atoms with Gasteiger partial charge in [-0.1, -0.05) is 12.6 Å². The van der Waals surface area contributed by atoms with Gasteiger partial charge in [0.05, 0.1) is 35.8 Å². The highest BCUT2D eigenvalue weighted by molar-refractivity contribution is 6.05. The molecule has 2 aromatic heterocycles. The predicted octanol–water partition coefficient (Wildman–Crippen LogP) is 1.74. The number of pyridine rings is 1. The van der Waals surface area contributed by atoms with Gasteiger partial charge >= 0.3 is 0 Å². The Hall–Kier alpha value is -3.86. The number of anilines is 1. The van der Waals surface area contributed by atoms with Crippen LogP contribution in [0.15, 0.2) is 36.5 Å². The van der Waals surface area contributed by atoms with Crippen molar-refractivity contribution in [3.8, 4) is 17.3 Å². The van der Waals surface area contributed by atoms with Gasteiger partial charge in [-0.25, -0.2) is 0 Å². The van der Waals surface area contributed by atoms with Gasteiger partial charge < -0.3 is 16.5 Å². The molecule has 4 rings (SSSR count). The van der Waals surface area contributed by atoms with Crippen molar-refractivity contribution in [2.24, 2.45) is 0 Å². The number of aryl methyl sites for hydroxylation is 1. The summed E-state index contributed by atoms with van der Waals surface area (Å²) in [7, 11) is 0. The molecule has 1 aliphatic rings. The molecular formula is C19H17N7O. The van der Waals surface area contributed by atoms with Gasteiger partial charge in [0.25, 0.3) is 5.91 Å². The zero-order valence-electron chi connectivity index (χ0n) is 14.7. The van der Waals surface area contributed by atoms with E-state index >= 15 is 0 Å². The Morgan fingerprint density at radius 2 is 2.22 bits per heavy atom. The fraction of sp³-hybridized carbons (Fsp3) is 0.158. The molecular weight excluding hydrogens is 342 g/mol. The number of carbonyl (C=O) groups excluding carboxylic acids is 1. The van der Waals surface area contributed by atoms with Crippen molar-refractivity contribution < 1.29 is 4.79 Å². The zero-order valence-corrected chi connectivity index (χ0v) is 14.7. The number of nitrogens with two attached hydrogens (primary N) is 2. The van der Waals surface area contributed by atoms with E-state index in [2.05, 4.69) is 16.7 Å². The van der Waals surface area contributed by atoms with E-state index in [0.29, 0.717) is 29.1 Å². The van der Waals surface area contributed by atoms with E-state index in [9.17, 15) is 4.79 Å². The van der Waals surface area contributed by atoms with Crippen molar-refractivity contribution in [1.82, 2.24) is 19.8 Å². The lowest BCUT2D eigenvalue weighted by Gasteiger charge is -2.14. The van der Waals surface area contributed by atoms with Crippen LogP contribution in [0.25, 0.3) is 22.2 Å². The highest BCUT2D eigenvalue weighted by Gasteiger charge is 2.32. The van der Waals surface area contributed by atoms with Crippen LogP contribution in [0, 0.1) is 18.3 Å². The highest BCUT2D eigenvalue weighted by atomic mass is 16.2. The summed E-state index contributed by atoms with van der Waals surface area (Å²) in [6.45, 7) is 6.07. The lowest BCUT2D eigenvalue weighted by Crippen LogP contribution is -2.26. The third-order valence-corrected chi connectivity index (χ3v) is 4.79. The lowest BCUT2D eigenvalue weighted by atomic mass is 9.98. The Morgan fingerprint density at radius 1 is 1.44 bits per heavy atom. The quantitative estimate of drug-likeness (QED) is 0.416. The minimum absolute atomic E-state index is 0.175. The molecule has 8 heteroatoms. The minimum atomic E-state index is -0.201. The van der Waals surface area contributed by atoms with E-state index in [0.717, 1.165) is 27.7 Å². The van der Waals surface area contributed by atoms with Crippen LogP contribution in [0.1, 0.15) is 21.6 Å². The molecule has 1 aromatic carbocycles. The van der Waals surface area contributed by atoms with Gasteiger partial charge in [-0.2, -0.15) is 15.2 Å². The van der Waals surface area contributed by atoms with E-state index in [-0.39, 0.29) is 12.5 Å². The molecule has 0 saturated heterocycles. The van der Waals surface area contributed by atoms with Gasteiger partial charge in [0, 0.05) is 28.8 Å². The van der Waals surface area contributed by atoms with Gasteiger partial charge in [-0.3, -0.25) is 9.78 Å². The van der Waals surface area contributed by atoms with Crippen LogP contribution >= 0.6 is 0 Å². The van der Waals surface area contributed by atoms with Gasteiger partial charge in [-0.15, -0.1) is 0 Å². The molecule has 27 heavy (non-hydrogen) atoms. The second-order valence-electron chi connectivity index (χ2n) is 6.55. The SMILES string of the molecule is C=C(C#N)CN1Cc2c(-c3cc4c(C)nn(N)c4cn3)ccc(N)c2C1=O. The summed E-state index contributed by atoms with van der Waals surface area (Å²) >= 11 is 0. The molecule has 134 valence electrons. The summed E-state index contributed by atoms with van der Waals surface area (Å²) in [6.07, 6.45) is 1.67. The first-order valence-electron chi connectivity index (χ1n) is 8.30. The number of aromatic nitrogens is 3. The van der Waals surface area contributed by atoms with Gasteiger partial charge in [0.15, 0.2) is 0 Å². The summed E-state index contributed by atoms with van der Waals surface area (Å²) in [5.74, 6) is 5.63. The largest absolute Gasteiger partial charge is 0.398 e. The summed E-state index contributed by atoms with van der Waals surface area (Å²) in [4.78, 5) is 20.1. The molecule has 4 N–H and O–H groups in total. The smallest absolute Gasteiger partial charge is 0.256 e. The zero-order chi connectivity index (χ0) is 19.3. The average Bonchev–Trinajstić information content (AvgIpc) is 3.12. The molecule has 0 radical (unpaired) electrons. The fourth-order valence-electron chi connectivity index (χ4n) is 3.47. The monoisotopic (exact) mass is 359 g/mol. The maximum absolute atomic E-state index is 12.8. The van der Waals surface area contributed by atoms with Crippen LogP contribution in [0.5, 0.6) is 0 Å². The van der Waals surface area contributed by atoms with Crippen molar-refractivity contribution in [2.75, 3.05) is 18.1 Å². The van der Waals surface area contributed by atoms with Gasteiger partial charge in [0.1, 0.15) is 5.52 Å². The predicted molar refractivity (Wildman–Crippen MR) is 102 cm³/mol. The molecule has 1 aliphatic heterocycles. The first kappa shape index (κ1) is 16.6. The number of hydrogen-bond donors (Lipinski definition) is 2. The number of nitrogen functional groups attached to an aromatic ring is 2. The Labute approximate surface area is 155 Å². The first-order valence-corrected chi connectivity index (χ1v) is 8.30. The van der Waals surface area contributed by atoms with Crippen LogP contribution in [0.4, 0.5) is 5.69 Å². The molecule has 0 fully saturated rings. The van der Waals surface area contributed by atoms with E-state index in [4.69, 9.17) is 16.8 Å². The number of nitrogens with zero attached hydrogens (tertiary/aromatic N) is 5. The Bertz CT molecular complexity index is 1170. The van der Waals surface area contributed by atoms with E-state index in [1.165, 1.54) is 4.79 Å². The Kier molecular flexibility index (Phi) is 3.59. The van der Waals surface area contributed by atoms with Crippen LogP contribution in [-0.4, -0.2) is 32.2 Å². The number of rotatable bonds is 3. The third-order valence-electron chi connectivity index (χ3n) is 4.79. The van der Waals surface area contributed by atoms with Crippen LogP contribution in [0.3, 0.4) is 0 Å².